The Hall–Kier alpha value is -0.120. The highest BCUT2D eigenvalue weighted by Gasteiger charge is 2.26. The van der Waals surface area contributed by atoms with Crippen LogP contribution in [0.2, 0.25) is 0 Å². The average Bonchev–Trinajstić information content (AvgIpc) is 2.18. The predicted octanol–water partition coefficient (Wildman–Crippen LogP) is 0.953. The van der Waals surface area contributed by atoms with E-state index in [1.807, 2.05) is 7.11 Å². The van der Waals surface area contributed by atoms with Gasteiger partial charge in [0.2, 0.25) is 0 Å². The zero-order valence-corrected chi connectivity index (χ0v) is 10.0. The highest BCUT2D eigenvalue weighted by Crippen LogP contribution is 2.20. The molecule has 0 amide bonds. The van der Waals surface area contributed by atoms with Crippen LogP contribution in [0.4, 0.5) is 0 Å². The molecule has 15 heavy (non-hydrogen) atoms. The van der Waals surface area contributed by atoms with Crippen molar-refractivity contribution in [3.05, 3.63) is 0 Å². The first-order chi connectivity index (χ1) is 7.29. The highest BCUT2D eigenvalue weighted by molar-refractivity contribution is 4.81. The first-order valence-electron chi connectivity index (χ1n) is 6.25. The van der Waals surface area contributed by atoms with Gasteiger partial charge in [-0.2, -0.15) is 0 Å². The molecule has 0 aromatic rings. The Labute approximate surface area is 93.2 Å². The zero-order chi connectivity index (χ0) is 10.7. The summed E-state index contributed by atoms with van der Waals surface area (Å²) in [6.07, 6.45) is 3.11. The van der Waals surface area contributed by atoms with Gasteiger partial charge >= 0.3 is 0 Å². The van der Waals surface area contributed by atoms with Crippen molar-refractivity contribution in [3.63, 3.8) is 0 Å². The molecular weight excluding hydrogens is 188 g/mol. The van der Waals surface area contributed by atoms with Gasteiger partial charge in [0.15, 0.2) is 0 Å². The molecule has 0 aromatic heterocycles. The van der Waals surface area contributed by atoms with Crippen molar-refractivity contribution in [1.29, 1.82) is 0 Å². The summed E-state index contributed by atoms with van der Waals surface area (Å²) in [4.78, 5) is 2.58. The quantitative estimate of drug-likeness (QED) is 0.751. The van der Waals surface area contributed by atoms with Crippen LogP contribution in [-0.4, -0.2) is 50.8 Å². The molecule has 0 saturated carbocycles. The van der Waals surface area contributed by atoms with Gasteiger partial charge in [-0.3, -0.25) is 0 Å². The van der Waals surface area contributed by atoms with Crippen molar-refractivity contribution >= 4 is 0 Å². The Morgan fingerprint density at radius 1 is 1.40 bits per heavy atom. The predicted molar refractivity (Wildman–Crippen MR) is 62.0 cm³/mol. The van der Waals surface area contributed by atoms with Crippen LogP contribution in [0.3, 0.4) is 0 Å². The maximum Gasteiger partial charge on any atom is 0.0724 e. The first kappa shape index (κ1) is 11.4. The Morgan fingerprint density at radius 2 is 2.20 bits per heavy atom. The van der Waals surface area contributed by atoms with Gasteiger partial charge in [0.25, 0.3) is 0 Å². The molecule has 3 heteroatoms. The number of ether oxygens (including phenoxy) is 1. The van der Waals surface area contributed by atoms with E-state index in [4.69, 9.17) is 4.74 Å². The Morgan fingerprint density at radius 3 is 2.80 bits per heavy atom. The molecule has 0 radical (unpaired) electrons. The Balaban J connectivity index is 1.68. The third kappa shape index (κ3) is 2.92. The standard InChI is InChI=1S/C12H24N2O/c1-10-3-5-14(9-12(10)15-2)6-4-11-7-13-8-11/h10-13H,3-9H2,1-2H3. The van der Waals surface area contributed by atoms with Crippen molar-refractivity contribution in [2.24, 2.45) is 11.8 Å². The molecule has 0 bridgehead atoms. The first-order valence-corrected chi connectivity index (χ1v) is 6.25. The third-order valence-corrected chi connectivity index (χ3v) is 4.00. The molecule has 2 aliphatic rings. The monoisotopic (exact) mass is 212 g/mol. The lowest BCUT2D eigenvalue weighted by Crippen LogP contribution is -2.47. The minimum atomic E-state index is 0.457. The van der Waals surface area contributed by atoms with E-state index < -0.39 is 0 Å². The Bertz CT molecular complexity index is 194. The number of rotatable bonds is 4. The van der Waals surface area contributed by atoms with Crippen LogP contribution in [0.1, 0.15) is 19.8 Å². The number of nitrogens with one attached hydrogen (secondary N) is 1. The second-order valence-electron chi connectivity index (χ2n) is 5.15. The lowest BCUT2D eigenvalue weighted by atomic mass is 9.94. The summed E-state index contributed by atoms with van der Waals surface area (Å²) in [7, 11) is 1.85. The van der Waals surface area contributed by atoms with Crippen LogP contribution in [-0.2, 0) is 4.74 Å². The fourth-order valence-corrected chi connectivity index (χ4v) is 2.53. The van der Waals surface area contributed by atoms with Gasteiger partial charge in [0, 0.05) is 13.7 Å². The molecule has 2 atom stereocenters. The van der Waals surface area contributed by atoms with E-state index in [-0.39, 0.29) is 0 Å². The largest absolute Gasteiger partial charge is 0.380 e. The minimum absolute atomic E-state index is 0.457. The van der Waals surface area contributed by atoms with E-state index >= 15 is 0 Å². The molecule has 2 fully saturated rings. The van der Waals surface area contributed by atoms with Crippen LogP contribution < -0.4 is 5.32 Å². The summed E-state index contributed by atoms with van der Waals surface area (Å²) in [6, 6.07) is 0. The van der Waals surface area contributed by atoms with E-state index in [0.29, 0.717) is 6.10 Å². The SMILES string of the molecule is COC1CN(CCC2CNC2)CCC1C. The molecule has 0 spiro atoms. The normalized spacial score (nSPS) is 34.0. The number of likely N-dealkylation sites (tertiary alicyclic amines) is 1. The summed E-state index contributed by atoms with van der Waals surface area (Å²) in [5, 5.41) is 3.33. The summed E-state index contributed by atoms with van der Waals surface area (Å²) in [6.45, 7) is 8.44. The zero-order valence-electron chi connectivity index (χ0n) is 10.0. The summed E-state index contributed by atoms with van der Waals surface area (Å²) in [5.41, 5.74) is 0. The van der Waals surface area contributed by atoms with Crippen molar-refractivity contribution < 1.29 is 4.74 Å². The van der Waals surface area contributed by atoms with Gasteiger partial charge in [-0.05, 0) is 50.9 Å². The number of piperidine rings is 1. The second-order valence-corrected chi connectivity index (χ2v) is 5.15. The molecule has 2 unspecified atom stereocenters. The molecule has 3 nitrogen and oxygen atoms in total. The highest BCUT2D eigenvalue weighted by atomic mass is 16.5. The lowest BCUT2D eigenvalue weighted by Gasteiger charge is -2.37. The van der Waals surface area contributed by atoms with Crippen LogP contribution in [0.5, 0.6) is 0 Å². The molecule has 0 aliphatic carbocycles. The van der Waals surface area contributed by atoms with E-state index in [2.05, 4.69) is 17.1 Å². The third-order valence-electron chi connectivity index (χ3n) is 4.00. The van der Waals surface area contributed by atoms with Gasteiger partial charge in [-0.1, -0.05) is 6.92 Å². The van der Waals surface area contributed by atoms with Gasteiger partial charge in [-0.15, -0.1) is 0 Å². The molecule has 2 aliphatic heterocycles. The van der Waals surface area contributed by atoms with Gasteiger partial charge in [0.05, 0.1) is 6.10 Å². The second kappa shape index (κ2) is 5.28. The van der Waals surface area contributed by atoms with Crippen LogP contribution in [0.15, 0.2) is 0 Å². The van der Waals surface area contributed by atoms with Crippen LogP contribution in [0, 0.1) is 11.8 Å². The summed E-state index contributed by atoms with van der Waals surface area (Å²) < 4.78 is 5.53. The number of nitrogens with zero attached hydrogens (tertiary/aromatic N) is 1. The average molecular weight is 212 g/mol. The molecule has 2 rings (SSSR count). The molecule has 88 valence electrons. The minimum Gasteiger partial charge on any atom is -0.380 e. The van der Waals surface area contributed by atoms with E-state index in [9.17, 15) is 0 Å². The lowest BCUT2D eigenvalue weighted by molar-refractivity contribution is -0.00683. The van der Waals surface area contributed by atoms with Gasteiger partial charge in [0.1, 0.15) is 0 Å². The topological polar surface area (TPSA) is 24.5 Å². The van der Waals surface area contributed by atoms with E-state index in [1.165, 1.54) is 39.0 Å². The Kier molecular flexibility index (Phi) is 4.00. The van der Waals surface area contributed by atoms with Crippen molar-refractivity contribution in [1.82, 2.24) is 10.2 Å². The van der Waals surface area contributed by atoms with Crippen molar-refractivity contribution in [2.45, 2.75) is 25.9 Å². The number of methoxy groups -OCH3 is 1. The summed E-state index contributed by atoms with van der Waals surface area (Å²) in [5.74, 6) is 1.67. The van der Waals surface area contributed by atoms with Crippen molar-refractivity contribution in [2.75, 3.05) is 39.8 Å². The van der Waals surface area contributed by atoms with E-state index in [0.717, 1.165) is 18.4 Å². The number of hydrogen-bond donors (Lipinski definition) is 1. The van der Waals surface area contributed by atoms with Gasteiger partial charge in [-0.25, -0.2) is 0 Å². The summed E-state index contributed by atoms with van der Waals surface area (Å²) >= 11 is 0. The van der Waals surface area contributed by atoms with Gasteiger partial charge < -0.3 is 15.0 Å². The maximum absolute atomic E-state index is 5.53. The van der Waals surface area contributed by atoms with Crippen LogP contribution in [0.25, 0.3) is 0 Å². The van der Waals surface area contributed by atoms with Crippen LogP contribution >= 0.6 is 0 Å². The smallest absolute Gasteiger partial charge is 0.0724 e. The number of hydrogen-bond acceptors (Lipinski definition) is 3. The molecule has 2 saturated heterocycles. The fraction of sp³-hybridized carbons (Fsp3) is 1.00. The molecule has 1 N–H and O–H groups in total. The molecule has 2 heterocycles. The van der Waals surface area contributed by atoms with Crippen molar-refractivity contribution in [3.8, 4) is 0 Å². The molecular formula is C12H24N2O. The van der Waals surface area contributed by atoms with E-state index in [1.54, 1.807) is 0 Å². The molecule has 0 aromatic carbocycles. The fourth-order valence-electron chi connectivity index (χ4n) is 2.53. The maximum atomic E-state index is 5.53.